The van der Waals surface area contributed by atoms with Crippen LogP contribution in [0, 0.1) is 11.7 Å². The smallest absolute Gasteiger partial charge is 0.141 e. The van der Waals surface area contributed by atoms with Gasteiger partial charge in [-0.05, 0) is 44.2 Å². The molecule has 0 amide bonds. The first-order chi connectivity index (χ1) is 8.80. The third kappa shape index (κ3) is 6.12. The van der Waals surface area contributed by atoms with E-state index in [1.165, 1.54) is 12.3 Å². The molecule has 1 aromatic rings. The second-order valence-corrected chi connectivity index (χ2v) is 5.97. The molecule has 2 N–H and O–H groups in total. The largest absolute Gasteiger partial charge is 0.389 e. The summed E-state index contributed by atoms with van der Waals surface area (Å²) < 4.78 is 13.1. The van der Waals surface area contributed by atoms with Crippen molar-refractivity contribution in [3.8, 4) is 0 Å². The molecule has 1 heterocycles. The summed E-state index contributed by atoms with van der Waals surface area (Å²) in [6.07, 6.45) is 4.58. The number of pyridine rings is 1. The molecule has 0 bridgehead atoms. The topological polar surface area (TPSA) is 45.1 Å². The van der Waals surface area contributed by atoms with Gasteiger partial charge in [-0.15, -0.1) is 0 Å². The summed E-state index contributed by atoms with van der Waals surface area (Å²) in [4.78, 5) is 3.83. The van der Waals surface area contributed by atoms with Gasteiger partial charge in [-0.1, -0.05) is 13.8 Å². The Labute approximate surface area is 115 Å². The summed E-state index contributed by atoms with van der Waals surface area (Å²) in [5.41, 5.74) is 0.0545. The van der Waals surface area contributed by atoms with E-state index in [0.717, 1.165) is 18.4 Å². The van der Waals surface area contributed by atoms with E-state index in [2.05, 4.69) is 24.1 Å². The first-order valence-electron chi connectivity index (χ1n) is 6.86. The number of aromatic nitrogens is 1. The number of nitrogens with one attached hydrogen (secondary N) is 1. The van der Waals surface area contributed by atoms with Crippen LogP contribution >= 0.6 is 0 Å². The molecule has 0 aromatic carbocycles. The van der Waals surface area contributed by atoms with E-state index in [4.69, 9.17) is 0 Å². The van der Waals surface area contributed by atoms with E-state index in [9.17, 15) is 9.50 Å². The summed E-state index contributed by atoms with van der Waals surface area (Å²) in [6.45, 7) is 8.54. The highest BCUT2D eigenvalue weighted by Gasteiger charge is 2.21. The zero-order chi connectivity index (χ0) is 14.5. The van der Waals surface area contributed by atoms with Crippen molar-refractivity contribution in [2.75, 3.05) is 6.54 Å². The Hall–Kier alpha value is -1.00. The first-order valence-corrected chi connectivity index (χ1v) is 6.86. The van der Waals surface area contributed by atoms with Gasteiger partial charge in [-0.2, -0.15) is 0 Å². The zero-order valence-electron chi connectivity index (χ0n) is 12.3. The predicted molar refractivity (Wildman–Crippen MR) is 75.3 cm³/mol. The predicted octanol–water partition coefficient (Wildman–Crippen LogP) is 3.06. The Morgan fingerprint density at radius 2 is 2.05 bits per heavy atom. The molecule has 0 saturated heterocycles. The second-order valence-electron chi connectivity index (χ2n) is 5.97. The van der Waals surface area contributed by atoms with Crippen LogP contribution in [0.1, 0.15) is 52.1 Å². The van der Waals surface area contributed by atoms with Crippen LogP contribution in [-0.4, -0.2) is 22.2 Å². The molecule has 2 atom stereocenters. The van der Waals surface area contributed by atoms with Crippen LogP contribution < -0.4 is 5.32 Å². The molecule has 1 rings (SSSR count). The highest BCUT2D eigenvalue weighted by molar-refractivity contribution is 5.14. The second kappa shape index (κ2) is 6.96. The Balaban J connectivity index is 2.47. The van der Waals surface area contributed by atoms with E-state index in [-0.39, 0.29) is 11.9 Å². The molecule has 1 aromatic heterocycles. The summed E-state index contributed by atoms with van der Waals surface area (Å²) in [7, 11) is 0. The fourth-order valence-electron chi connectivity index (χ4n) is 1.84. The minimum absolute atomic E-state index is 0.0336. The highest BCUT2D eigenvalue weighted by Crippen LogP contribution is 2.18. The summed E-state index contributed by atoms with van der Waals surface area (Å²) in [6, 6.07) is 1.43. The van der Waals surface area contributed by atoms with Gasteiger partial charge in [-0.25, -0.2) is 4.39 Å². The number of nitrogens with zero attached hydrogens (tertiary/aromatic N) is 1. The Bertz CT molecular complexity index is 393. The average Bonchev–Trinajstić information content (AvgIpc) is 2.34. The van der Waals surface area contributed by atoms with Gasteiger partial charge in [-0.3, -0.25) is 4.98 Å². The lowest BCUT2D eigenvalue weighted by Gasteiger charge is -2.26. The molecular weight excluding hydrogens is 243 g/mol. The van der Waals surface area contributed by atoms with E-state index in [1.807, 2.05) is 13.8 Å². The Kier molecular flexibility index (Phi) is 5.88. The molecule has 0 saturated carbocycles. The number of hydrogen-bond donors (Lipinski definition) is 2. The van der Waals surface area contributed by atoms with Crippen LogP contribution in [0.2, 0.25) is 0 Å². The maximum atomic E-state index is 13.1. The minimum atomic E-state index is -0.737. The Morgan fingerprint density at radius 3 is 2.63 bits per heavy atom. The van der Waals surface area contributed by atoms with Crippen molar-refractivity contribution in [1.82, 2.24) is 10.3 Å². The summed E-state index contributed by atoms with van der Waals surface area (Å²) in [5.74, 6) is 0.244. The molecular formula is C15H25FN2O. The van der Waals surface area contributed by atoms with Gasteiger partial charge in [0.05, 0.1) is 11.8 Å². The average molecular weight is 268 g/mol. The standard InChI is InChI=1S/C15H25FN2O/c1-11(2)5-6-15(4,19)10-18-12(3)13-7-14(16)9-17-8-13/h7-9,11-12,18-19H,5-6,10H2,1-4H3/t12-,15-/m0/s1. The fourth-order valence-corrected chi connectivity index (χ4v) is 1.84. The quantitative estimate of drug-likeness (QED) is 0.799. The molecule has 0 unspecified atom stereocenters. The monoisotopic (exact) mass is 268 g/mol. The molecule has 0 aliphatic rings. The normalized spacial score (nSPS) is 16.4. The van der Waals surface area contributed by atoms with Crippen molar-refractivity contribution in [1.29, 1.82) is 0 Å². The van der Waals surface area contributed by atoms with Crippen molar-refractivity contribution < 1.29 is 9.50 Å². The van der Waals surface area contributed by atoms with Crippen molar-refractivity contribution in [2.24, 2.45) is 5.92 Å². The number of halogens is 1. The van der Waals surface area contributed by atoms with E-state index in [0.29, 0.717) is 12.5 Å². The van der Waals surface area contributed by atoms with Gasteiger partial charge in [0.15, 0.2) is 0 Å². The van der Waals surface area contributed by atoms with Crippen LogP contribution in [0.15, 0.2) is 18.5 Å². The van der Waals surface area contributed by atoms with Crippen LogP contribution in [-0.2, 0) is 0 Å². The van der Waals surface area contributed by atoms with Gasteiger partial charge < -0.3 is 10.4 Å². The highest BCUT2D eigenvalue weighted by atomic mass is 19.1. The first kappa shape index (κ1) is 16.1. The summed E-state index contributed by atoms with van der Waals surface area (Å²) >= 11 is 0. The molecule has 0 spiro atoms. The SMILES string of the molecule is CC(C)CC[C@](C)(O)CN[C@@H](C)c1cncc(F)c1. The minimum Gasteiger partial charge on any atom is -0.389 e. The van der Waals surface area contributed by atoms with Crippen molar-refractivity contribution in [2.45, 2.75) is 52.2 Å². The van der Waals surface area contributed by atoms with Crippen molar-refractivity contribution in [3.05, 3.63) is 29.8 Å². The lowest BCUT2D eigenvalue weighted by molar-refractivity contribution is 0.0430. The van der Waals surface area contributed by atoms with E-state index in [1.54, 1.807) is 6.20 Å². The van der Waals surface area contributed by atoms with Gasteiger partial charge in [0, 0.05) is 18.8 Å². The van der Waals surface area contributed by atoms with Crippen molar-refractivity contribution in [3.63, 3.8) is 0 Å². The van der Waals surface area contributed by atoms with Gasteiger partial charge in [0.1, 0.15) is 5.82 Å². The lowest BCUT2D eigenvalue weighted by atomic mass is 9.95. The van der Waals surface area contributed by atoms with Crippen LogP contribution in [0.3, 0.4) is 0 Å². The molecule has 108 valence electrons. The fraction of sp³-hybridized carbons (Fsp3) is 0.667. The zero-order valence-corrected chi connectivity index (χ0v) is 12.3. The molecule has 0 fully saturated rings. The van der Waals surface area contributed by atoms with Crippen molar-refractivity contribution >= 4 is 0 Å². The molecule has 3 nitrogen and oxygen atoms in total. The van der Waals surface area contributed by atoms with E-state index < -0.39 is 5.60 Å². The third-order valence-electron chi connectivity index (χ3n) is 3.28. The lowest BCUT2D eigenvalue weighted by Crippen LogP contribution is -2.39. The Morgan fingerprint density at radius 1 is 1.37 bits per heavy atom. The number of hydrogen-bond acceptors (Lipinski definition) is 3. The maximum absolute atomic E-state index is 13.1. The molecule has 4 heteroatoms. The van der Waals surface area contributed by atoms with Gasteiger partial charge in [0.2, 0.25) is 0 Å². The number of aliphatic hydroxyl groups is 1. The van der Waals surface area contributed by atoms with Gasteiger partial charge >= 0.3 is 0 Å². The molecule has 0 radical (unpaired) electrons. The third-order valence-corrected chi connectivity index (χ3v) is 3.28. The molecule has 19 heavy (non-hydrogen) atoms. The van der Waals surface area contributed by atoms with Crippen LogP contribution in [0.4, 0.5) is 4.39 Å². The summed E-state index contributed by atoms with van der Waals surface area (Å²) in [5, 5.41) is 13.5. The van der Waals surface area contributed by atoms with Crippen LogP contribution in [0.25, 0.3) is 0 Å². The van der Waals surface area contributed by atoms with Crippen LogP contribution in [0.5, 0.6) is 0 Å². The molecule has 0 aliphatic heterocycles. The van der Waals surface area contributed by atoms with Gasteiger partial charge in [0.25, 0.3) is 0 Å². The maximum Gasteiger partial charge on any atom is 0.141 e. The van der Waals surface area contributed by atoms with E-state index >= 15 is 0 Å². The number of rotatable bonds is 7. The molecule has 0 aliphatic carbocycles.